The summed E-state index contributed by atoms with van der Waals surface area (Å²) in [5.41, 5.74) is 3.39. The lowest BCUT2D eigenvalue weighted by molar-refractivity contribution is -0.146. The molecular weight excluding hydrogens is 406 g/mol. The fourth-order valence-electron chi connectivity index (χ4n) is 3.08. The van der Waals surface area contributed by atoms with Crippen LogP contribution < -0.4 is 10.1 Å². The molecule has 0 aliphatic rings. The molecule has 0 saturated heterocycles. The highest BCUT2D eigenvalue weighted by Crippen LogP contribution is 2.24. The Hall–Kier alpha value is -3.93. The van der Waals surface area contributed by atoms with Gasteiger partial charge >= 0.3 is 5.97 Å². The lowest BCUT2D eigenvalue weighted by Gasteiger charge is -2.18. The first kappa shape index (κ1) is 22.7. The number of esters is 1. The number of benzene rings is 3. The van der Waals surface area contributed by atoms with Crippen LogP contribution in [0.1, 0.15) is 43.5 Å². The van der Waals surface area contributed by atoms with E-state index in [9.17, 15) is 14.4 Å². The van der Waals surface area contributed by atoms with Gasteiger partial charge in [-0.1, -0.05) is 65.7 Å². The first-order valence-electron chi connectivity index (χ1n) is 10.2. The molecule has 0 bridgehead atoms. The Balaban J connectivity index is 1.72. The van der Waals surface area contributed by atoms with E-state index in [0.717, 1.165) is 11.1 Å². The molecule has 1 N–H and O–H groups in total. The molecule has 0 radical (unpaired) electrons. The molecule has 1 atom stereocenters. The van der Waals surface area contributed by atoms with Crippen molar-refractivity contribution in [1.29, 1.82) is 0 Å². The molecular formula is C26H25NO5. The van der Waals surface area contributed by atoms with E-state index in [2.05, 4.69) is 5.32 Å². The van der Waals surface area contributed by atoms with E-state index in [1.54, 1.807) is 48.5 Å². The van der Waals surface area contributed by atoms with E-state index in [-0.39, 0.29) is 12.3 Å². The van der Waals surface area contributed by atoms with Crippen LogP contribution in [-0.4, -0.2) is 31.3 Å². The maximum absolute atomic E-state index is 13.1. The van der Waals surface area contributed by atoms with Crippen LogP contribution in [0.5, 0.6) is 5.75 Å². The molecule has 6 nitrogen and oxygen atoms in total. The van der Waals surface area contributed by atoms with E-state index in [1.807, 2.05) is 38.1 Å². The van der Waals surface area contributed by atoms with Crippen molar-refractivity contribution in [2.24, 2.45) is 0 Å². The molecule has 1 unspecified atom stereocenters. The van der Waals surface area contributed by atoms with Crippen molar-refractivity contribution in [3.63, 3.8) is 0 Å². The third kappa shape index (κ3) is 5.82. The van der Waals surface area contributed by atoms with Crippen molar-refractivity contribution in [3.8, 4) is 5.75 Å². The molecule has 0 aliphatic heterocycles. The molecule has 0 saturated carbocycles. The number of Topliss-reactive ketones (excluding diaryl/α,β-unsaturated/α-hetero) is 1. The summed E-state index contributed by atoms with van der Waals surface area (Å²) < 4.78 is 10.6. The average Bonchev–Trinajstić information content (AvgIpc) is 2.81. The molecule has 164 valence electrons. The highest BCUT2D eigenvalue weighted by atomic mass is 16.5. The minimum Gasteiger partial charge on any atom is -0.497 e. The molecule has 0 aromatic heterocycles. The second kappa shape index (κ2) is 10.4. The van der Waals surface area contributed by atoms with Gasteiger partial charge < -0.3 is 14.8 Å². The lowest BCUT2D eigenvalue weighted by atomic mass is 9.98. The number of carbonyl (C=O) groups excluding carboxylic acids is 3. The van der Waals surface area contributed by atoms with Gasteiger partial charge in [-0.05, 0) is 32.0 Å². The van der Waals surface area contributed by atoms with Gasteiger partial charge in [-0.3, -0.25) is 14.4 Å². The Morgan fingerprint density at radius 3 is 2.09 bits per heavy atom. The molecule has 0 fully saturated rings. The molecule has 3 aromatic rings. The summed E-state index contributed by atoms with van der Waals surface area (Å²) in [7, 11) is 1.50. The molecule has 3 aromatic carbocycles. The molecule has 0 spiro atoms. The zero-order valence-corrected chi connectivity index (χ0v) is 18.3. The summed E-state index contributed by atoms with van der Waals surface area (Å²) in [6, 6.07) is 20.9. The number of ether oxygens (including phenoxy) is 2. The van der Waals surface area contributed by atoms with E-state index < -0.39 is 18.0 Å². The number of rotatable bonds is 8. The summed E-state index contributed by atoms with van der Waals surface area (Å²) in [6.45, 7) is 3.48. The second-order valence-corrected chi connectivity index (χ2v) is 7.43. The van der Waals surface area contributed by atoms with Gasteiger partial charge in [0.1, 0.15) is 12.3 Å². The quantitative estimate of drug-likeness (QED) is 0.427. The van der Waals surface area contributed by atoms with Crippen LogP contribution in [0.2, 0.25) is 0 Å². The largest absolute Gasteiger partial charge is 0.497 e. The van der Waals surface area contributed by atoms with Crippen LogP contribution in [-0.2, 0) is 9.53 Å². The van der Waals surface area contributed by atoms with E-state index in [0.29, 0.717) is 22.4 Å². The number of amides is 1. The van der Waals surface area contributed by atoms with Crippen LogP contribution >= 0.6 is 0 Å². The number of methoxy groups -OCH3 is 1. The van der Waals surface area contributed by atoms with Crippen molar-refractivity contribution in [2.75, 3.05) is 13.7 Å². The van der Waals surface area contributed by atoms with Gasteiger partial charge in [-0.2, -0.15) is 0 Å². The van der Waals surface area contributed by atoms with Gasteiger partial charge in [0.15, 0.2) is 6.10 Å². The fourth-order valence-corrected chi connectivity index (χ4v) is 3.08. The van der Waals surface area contributed by atoms with Gasteiger partial charge in [0.25, 0.3) is 5.91 Å². The van der Waals surface area contributed by atoms with Crippen molar-refractivity contribution < 1.29 is 23.9 Å². The Labute approximate surface area is 187 Å². The maximum atomic E-state index is 13.1. The Kier molecular flexibility index (Phi) is 7.39. The van der Waals surface area contributed by atoms with E-state index in [4.69, 9.17) is 9.47 Å². The third-order valence-corrected chi connectivity index (χ3v) is 4.93. The third-order valence-electron chi connectivity index (χ3n) is 4.93. The van der Waals surface area contributed by atoms with Crippen molar-refractivity contribution in [1.82, 2.24) is 5.32 Å². The number of hydrogen-bond acceptors (Lipinski definition) is 5. The van der Waals surface area contributed by atoms with E-state index >= 15 is 0 Å². The van der Waals surface area contributed by atoms with Gasteiger partial charge in [-0.25, -0.2) is 0 Å². The summed E-state index contributed by atoms with van der Waals surface area (Å²) in [5, 5.41) is 2.52. The predicted octanol–water partition coefficient (Wildman–Crippen LogP) is 4.21. The monoisotopic (exact) mass is 431 g/mol. The smallest absolute Gasteiger partial charge is 0.326 e. The fraction of sp³-hybridized carbons (Fsp3) is 0.192. The standard InChI is InChI=1S/C26H25NO5/c1-17-7-11-19(12-8-17)24(29)25(20-13-9-18(2)10-14-20)32-23(28)16-27-26(30)21-5-4-6-22(15-21)31-3/h4-15,25H,16H2,1-3H3,(H,27,30). The van der Waals surface area contributed by atoms with Gasteiger partial charge in [0.2, 0.25) is 5.78 Å². The Morgan fingerprint density at radius 1 is 0.844 bits per heavy atom. The van der Waals surface area contributed by atoms with Crippen molar-refractivity contribution >= 4 is 17.7 Å². The van der Waals surface area contributed by atoms with Crippen LogP contribution in [0.15, 0.2) is 72.8 Å². The van der Waals surface area contributed by atoms with Crippen molar-refractivity contribution in [3.05, 3.63) is 101 Å². The zero-order chi connectivity index (χ0) is 23.1. The summed E-state index contributed by atoms with van der Waals surface area (Å²) >= 11 is 0. The summed E-state index contributed by atoms with van der Waals surface area (Å²) in [4.78, 5) is 38.0. The van der Waals surface area contributed by atoms with Gasteiger partial charge in [-0.15, -0.1) is 0 Å². The normalized spacial score (nSPS) is 11.3. The minimum atomic E-state index is -1.11. The highest BCUT2D eigenvalue weighted by molar-refractivity contribution is 6.01. The molecule has 6 heteroatoms. The van der Waals surface area contributed by atoms with Crippen LogP contribution in [0.4, 0.5) is 0 Å². The van der Waals surface area contributed by atoms with Gasteiger partial charge in [0.05, 0.1) is 7.11 Å². The lowest BCUT2D eigenvalue weighted by Crippen LogP contribution is -2.32. The molecule has 0 heterocycles. The minimum absolute atomic E-state index is 0.332. The molecule has 32 heavy (non-hydrogen) atoms. The Morgan fingerprint density at radius 2 is 1.47 bits per heavy atom. The topological polar surface area (TPSA) is 81.7 Å². The maximum Gasteiger partial charge on any atom is 0.326 e. The van der Waals surface area contributed by atoms with Crippen molar-refractivity contribution in [2.45, 2.75) is 20.0 Å². The number of hydrogen-bond donors (Lipinski definition) is 1. The van der Waals surface area contributed by atoms with E-state index in [1.165, 1.54) is 7.11 Å². The molecule has 3 rings (SSSR count). The first-order chi connectivity index (χ1) is 15.4. The first-order valence-corrected chi connectivity index (χ1v) is 10.2. The highest BCUT2D eigenvalue weighted by Gasteiger charge is 2.26. The molecule has 0 aliphatic carbocycles. The summed E-state index contributed by atoms with van der Waals surface area (Å²) in [6.07, 6.45) is -1.11. The van der Waals surface area contributed by atoms with Crippen LogP contribution in [0, 0.1) is 13.8 Å². The second-order valence-electron chi connectivity index (χ2n) is 7.43. The SMILES string of the molecule is COc1cccc(C(=O)NCC(=O)OC(C(=O)c2ccc(C)cc2)c2ccc(C)cc2)c1. The number of nitrogens with one attached hydrogen (secondary N) is 1. The van der Waals surface area contributed by atoms with Crippen LogP contribution in [0.25, 0.3) is 0 Å². The van der Waals surface area contributed by atoms with Crippen LogP contribution in [0.3, 0.4) is 0 Å². The summed E-state index contributed by atoms with van der Waals surface area (Å²) in [5.74, 6) is -0.963. The number of carbonyl (C=O) groups is 3. The predicted molar refractivity (Wildman–Crippen MR) is 121 cm³/mol. The Bertz CT molecular complexity index is 1100. The average molecular weight is 431 g/mol. The van der Waals surface area contributed by atoms with Gasteiger partial charge in [0, 0.05) is 16.7 Å². The molecule has 1 amide bonds. The zero-order valence-electron chi connectivity index (χ0n) is 18.3. The number of ketones is 1. The number of aryl methyl sites for hydroxylation is 2.